The molecule has 0 aromatic heterocycles. The summed E-state index contributed by atoms with van der Waals surface area (Å²) in [4.78, 5) is 0. The van der Waals surface area contributed by atoms with E-state index < -0.39 is 0 Å². The van der Waals surface area contributed by atoms with Crippen LogP contribution in [0.25, 0.3) is 0 Å². The van der Waals surface area contributed by atoms with Crippen molar-refractivity contribution in [1.29, 1.82) is 0 Å². The van der Waals surface area contributed by atoms with Crippen LogP contribution in [0.1, 0.15) is 24.8 Å². The average Bonchev–Trinajstić information content (AvgIpc) is 2.52. The van der Waals surface area contributed by atoms with Gasteiger partial charge in [0.05, 0.1) is 21.3 Å². The van der Waals surface area contributed by atoms with Crippen molar-refractivity contribution >= 4 is 0 Å². The van der Waals surface area contributed by atoms with Gasteiger partial charge in [-0.25, -0.2) is 0 Å². The molecule has 1 aromatic carbocycles. The van der Waals surface area contributed by atoms with E-state index in [4.69, 9.17) is 14.2 Å². The van der Waals surface area contributed by atoms with Crippen molar-refractivity contribution in [3.8, 4) is 17.2 Å². The van der Waals surface area contributed by atoms with Crippen LogP contribution in [0.4, 0.5) is 0 Å². The molecule has 1 aliphatic heterocycles. The molecular weight excluding hydrogens is 254 g/mol. The maximum Gasteiger partial charge on any atom is 0.129 e. The van der Waals surface area contributed by atoms with Crippen LogP contribution in [-0.4, -0.2) is 34.4 Å². The third kappa shape index (κ3) is 3.57. The monoisotopic (exact) mass is 279 g/mol. The van der Waals surface area contributed by atoms with Gasteiger partial charge in [-0.05, 0) is 44.7 Å². The molecule has 1 saturated heterocycles. The molecule has 2 rings (SSSR count). The number of ether oxygens (including phenoxy) is 3. The summed E-state index contributed by atoms with van der Waals surface area (Å²) in [6, 6.07) is 3.86. The molecule has 1 aliphatic rings. The molecule has 1 N–H and O–H groups in total. The minimum absolute atomic E-state index is 0.768. The van der Waals surface area contributed by atoms with Gasteiger partial charge < -0.3 is 19.5 Å². The first-order chi connectivity index (χ1) is 9.78. The zero-order valence-electron chi connectivity index (χ0n) is 12.7. The van der Waals surface area contributed by atoms with Crippen molar-refractivity contribution in [3.05, 3.63) is 17.7 Å². The molecule has 0 radical (unpaired) electrons. The van der Waals surface area contributed by atoms with Gasteiger partial charge >= 0.3 is 0 Å². The van der Waals surface area contributed by atoms with Crippen LogP contribution in [0.3, 0.4) is 0 Å². The van der Waals surface area contributed by atoms with Crippen molar-refractivity contribution in [1.82, 2.24) is 5.32 Å². The lowest BCUT2D eigenvalue weighted by Gasteiger charge is -2.23. The highest BCUT2D eigenvalue weighted by Crippen LogP contribution is 2.36. The first kappa shape index (κ1) is 15.0. The van der Waals surface area contributed by atoms with E-state index >= 15 is 0 Å². The molecule has 4 heteroatoms. The number of hydrogen-bond acceptors (Lipinski definition) is 4. The van der Waals surface area contributed by atoms with Crippen LogP contribution in [0, 0.1) is 5.92 Å². The van der Waals surface area contributed by atoms with Gasteiger partial charge in [-0.2, -0.15) is 0 Å². The van der Waals surface area contributed by atoms with E-state index in [2.05, 4.69) is 5.32 Å². The number of hydrogen-bond donors (Lipinski definition) is 1. The first-order valence-electron chi connectivity index (χ1n) is 7.28. The predicted molar refractivity (Wildman–Crippen MR) is 80.0 cm³/mol. The molecule has 4 nitrogen and oxygen atoms in total. The van der Waals surface area contributed by atoms with Gasteiger partial charge in [0.15, 0.2) is 0 Å². The fourth-order valence-corrected chi connectivity index (χ4v) is 2.84. The number of piperidine rings is 1. The summed E-state index contributed by atoms with van der Waals surface area (Å²) in [5.74, 6) is 3.28. The van der Waals surface area contributed by atoms with Gasteiger partial charge in [0.25, 0.3) is 0 Å². The van der Waals surface area contributed by atoms with Crippen molar-refractivity contribution in [2.24, 2.45) is 5.92 Å². The van der Waals surface area contributed by atoms with Gasteiger partial charge in [0.1, 0.15) is 17.2 Å². The third-order valence-corrected chi connectivity index (χ3v) is 4.08. The van der Waals surface area contributed by atoms with Gasteiger partial charge in [-0.1, -0.05) is 0 Å². The minimum atomic E-state index is 0.768. The Bertz CT molecular complexity index is 403. The largest absolute Gasteiger partial charge is 0.496 e. The van der Waals surface area contributed by atoms with Crippen molar-refractivity contribution in [2.75, 3.05) is 34.4 Å². The standard InChI is InChI=1S/C16H25NO3/c1-18-13-10-15(19-2)14(16(11-13)20-3)5-4-12-6-8-17-9-7-12/h10-12,17H,4-9H2,1-3H3. The molecule has 0 aliphatic carbocycles. The van der Waals surface area contributed by atoms with E-state index in [0.29, 0.717) is 0 Å². The van der Waals surface area contributed by atoms with Crippen LogP contribution in [0.15, 0.2) is 12.1 Å². The molecule has 0 atom stereocenters. The van der Waals surface area contributed by atoms with E-state index in [1.807, 2.05) is 12.1 Å². The van der Waals surface area contributed by atoms with E-state index in [-0.39, 0.29) is 0 Å². The molecule has 1 aromatic rings. The van der Waals surface area contributed by atoms with Crippen molar-refractivity contribution < 1.29 is 14.2 Å². The summed E-state index contributed by atoms with van der Waals surface area (Å²) in [6.07, 6.45) is 4.70. The molecule has 112 valence electrons. The van der Waals surface area contributed by atoms with Crippen LogP contribution in [0.5, 0.6) is 17.2 Å². The second kappa shape index (κ2) is 7.39. The lowest BCUT2D eigenvalue weighted by Crippen LogP contribution is -2.27. The van der Waals surface area contributed by atoms with E-state index in [1.165, 1.54) is 19.3 Å². The van der Waals surface area contributed by atoms with Gasteiger partial charge in [-0.3, -0.25) is 0 Å². The maximum atomic E-state index is 5.50. The number of rotatable bonds is 6. The molecule has 0 unspecified atom stereocenters. The number of nitrogens with one attached hydrogen (secondary N) is 1. The Morgan fingerprint density at radius 1 is 1.00 bits per heavy atom. The highest BCUT2D eigenvalue weighted by molar-refractivity contribution is 5.50. The molecule has 0 saturated carbocycles. The molecule has 1 heterocycles. The maximum absolute atomic E-state index is 5.50. The summed E-state index contributed by atoms with van der Waals surface area (Å²) in [6.45, 7) is 2.28. The molecule has 0 bridgehead atoms. The lowest BCUT2D eigenvalue weighted by molar-refractivity contribution is 0.342. The lowest BCUT2D eigenvalue weighted by atomic mass is 9.91. The molecular formula is C16H25NO3. The molecule has 0 spiro atoms. The molecule has 0 amide bonds. The Morgan fingerprint density at radius 2 is 1.60 bits per heavy atom. The minimum Gasteiger partial charge on any atom is -0.496 e. The van der Waals surface area contributed by atoms with Crippen LogP contribution in [0.2, 0.25) is 0 Å². The number of benzene rings is 1. The highest BCUT2D eigenvalue weighted by atomic mass is 16.5. The summed E-state index contributed by atoms with van der Waals surface area (Å²) in [5.41, 5.74) is 1.15. The average molecular weight is 279 g/mol. The first-order valence-corrected chi connectivity index (χ1v) is 7.28. The zero-order chi connectivity index (χ0) is 14.4. The topological polar surface area (TPSA) is 39.7 Å². The smallest absolute Gasteiger partial charge is 0.129 e. The van der Waals surface area contributed by atoms with E-state index in [9.17, 15) is 0 Å². The number of methoxy groups -OCH3 is 3. The van der Waals surface area contributed by atoms with Crippen LogP contribution < -0.4 is 19.5 Å². The Kier molecular flexibility index (Phi) is 5.53. The highest BCUT2D eigenvalue weighted by Gasteiger charge is 2.17. The Hall–Kier alpha value is -1.42. The summed E-state index contributed by atoms with van der Waals surface area (Å²) < 4.78 is 16.3. The van der Waals surface area contributed by atoms with Gasteiger partial charge in [0, 0.05) is 17.7 Å². The summed E-state index contributed by atoms with van der Waals surface area (Å²) >= 11 is 0. The zero-order valence-corrected chi connectivity index (χ0v) is 12.7. The van der Waals surface area contributed by atoms with Gasteiger partial charge in [-0.15, -0.1) is 0 Å². The van der Waals surface area contributed by atoms with E-state index in [1.54, 1.807) is 21.3 Å². The Labute approximate surface area is 121 Å². The van der Waals surface area contributed by atoms with Crippen LogP contribution in [-0.2, 0) is 6.42 Å². The van der Waals surface area contributed by atoms with Crippen molar-refractivity contribution in [3.63, 3.8) is 0 Å². The fourth-order valence-electron chi connectivity index (χ4n) is 2.84. The predicted octanol–water partition coefficient (Wildman–Crippen LogP) is 2.64. The Morgan fingerprint density at radius 3 is 2.10 bits per heavy atom. The van der Waals surface area contributed by atoms with Crippen LogP contribution >= 0.6 is 0 Å². The second-order valence-electron chi connectivity index (χ2n) is 5.24. The normalized spacial score (nSPS) is 15.9. The second-order valence-corrected chi connectivity index (χ2v) is 5.24. The van der Waals surface area contributed by atoms with Gasteiger partial charge in [0.2, 0.25) is 0 Å². The fraction of sp³-hybridized carbons (Fsp3) is 0.625. The Balaban J connectivity index is 2.11. The molecule has 1 fully saturated rings. The quantitative estimate of drug-likeness (QED) is 0.869. The third-order valence-electron chi connectivity index (χ3n) is 4.08. The summed E-state index contributed by atoms with van der Waals surface area (Å²) in [7, 11) is 5.05. The summed E-state index contributed by atoms with van der Waals surface area (Å²) in [5, 5.41) is 3.41. The van der Waals surface area contributed by atoms with Crippen molar-refractivity contribution in [2.45, 2.75) is 25.7 Å². The van der Waals surface area contributed by atoms with E-state index in [0.717, 1.165) is 48.2 Å². The molecule has 20 heavy (non-hydrogen) atoms. The SMILES string of the molecule is COc1cc(OC)c(CCC2CCNCC2)c(OC)c1.